The number of rotatable bonds is 9. The van der Waals surface area contributed by atoms with E-state index in [1.807, 2.05) is 37.3 Å². The Morgan fingerprint density at radius 1 is 1.00 bits per heavy atom. The van der Waals surface area contributed by atoms with E-state index in [0.29, 0.717) is 34.2 Å². The van der Waals surface area contributed by atoms with Gasteiger partial charge < -0.3 is 15.2 Å². The summed E-state index contributed by atoms with van der Waals surface area (Å²) in [5.41, 5.74) is 1.01. The number of nitrogens with zero attached hydrogens (tertiary/aromatic N) is 1. The van der Waals surface area contributed by atoms with Gasteiger partial charge in [-0.2, -0.15) is 0 Å². The van der Waals surface area contributed by atoms with Crippen molar-refractivity contribution >= 4 is 28.9 Å². The molecule has 2 N–H and O–H groups in total. The Morgan fingerprint density at radius 2 is 1.67 bits per heavy atom. The topological polar surface area (TPSA) is 88.5 Å². The van der Waals surface area contributed by atoms with Gasteiger partial charge in [-0.15, -0.1) is 11.3 Å². The highest BCUT2D eigenvalue weighted by Gasteiger charge is 2.34. The van der Waals surface area contributed by atoms with Gasteiger partial charge in [-0.25, -0.2) is 14.2 Å². The van der Waals surface area contributed by atoms with Gasteiger partial charge in [-0.1, -0.05) is 43.7 Å². The lowest BCUT2D eigenvalue weighted by Crippen LogP contribution is -2.41. The van der Waals surface area contributed by atoms with Crippen LogP contribution in [0.2, 0.25) is 0 Å². The maximum Gasteiger partial charge on any atom is 0.347 e. The highest BCUT2D eigenvalue weighted by Crippen LogP contribution is 2.37. The number of ether oxygens (including phenoxy) is 1. The van der Waals surface area contributed by atoms with E-state index in [2.05, 4.69) is 10.3 Å². The van der Waals surface area contributed by atoms with Crippen LogP contribution in [-0.4, -0.2) is 27.6 Å². The van der Waals surface area contributed by atoms with Crippen molar-refractivity contribution in [1.82, 2.24) is 4.98 Å². The monoisotopic (exact) mass is 504 g/mol. The van der Waals surface area contributed by atoms with Gasteiger partial charge in [0.05, 0.1) is 4.88 Å². The highest BCUT2D eigenvalue weighted by atomic mass is 32.1. The third kappa shape index (κ3) is 5.60. The molecule has 6 nitrogen and oxygen atoms in total. The van der Waals surface area contributed by atoms with Crippen LogP contribution in [-0.2, 0) is 4.79 Å². The van der Waals surface area contributed by atoms with Gasteiger partial charge in [0.2, 0.25) is 5.60 Å². The third-order valence-corrected chi connectivity index (χ3v) is 6.76. The van der Waals surface area contributed by atoms with Crippen molar-refractivity contribution in [3.8, 4) is 26.8 Å². The van der Waals surface area contributed by atoms with E-state index < -0.39 is 17.5 Å². The lowest BCUT2D eigenvalue weighted by atomic mass is 10.0. The molecule has 0 spiro atoms. The Morgan fingerprint density at radius 3 is 2.28 bits per heavy atom. The summed E-state index contributed by atoms with van der Waals surface area (Å²) in [6, 6.07) is 22.0. The van der Waals surface area contributed by atoms with E-state index in [0.717, 1.165) is 11.1 Å². The summed E-state index contributed by atoms with van der Waals surface area (Å²) < 4.78 is 19.1. The summed E-state index contributed by atoms with van der Waals surface area (Å²) in [5.74, 6) is -1.37. The van der Waals surface area contributed by atoms with Crippen molar-refractivity contribution in [2.24, 2.45) is 0 Å². The summed E-state index contributed by atoms with van der Waals surface area (Å²) in [6.45, 7) is 3.47. The summed E-state index contributed by atoms with van der Waals surface area (Å²) in [7, 11) is 0. The van der Waals surface area contributed by atoms with E-state index >= 15 is 0 Å². The maximum absolute atomic E-state index is 13.3. The molecule has 0 saturated heterocycles. The van der Waals surface area contributed by atoms with Gasteiger partial charge in [0.25, 0.3) is 5.91 Å². The van der Waals surface area contributed by atoms with Crippen molar-refractivity contribution in [2.45, 2.75) is 32.3 Å². The minimum Gasteiger partial charge on any atom is -0.478 e. The first-order valence-electron chi connectivity index (χ1n) is 11.4. The molecule has 0 aliphatic rings. The summed E-state index contributed by atoms with van der Waals surface area (Å²) in [4.78, 5) is 30.2. The molecule has 36 heavy (non-hydrogen) atoms. The van der Waals surface area contributed by atoms with E-state index in [-0.39, 0.29) is 11.5 Å². The van der Waals surface area contributed by atoms with Crippen LogP contribution in [0.1, 0.15) is 37.2 Å². The number of thiazole rings is 1. The van der Waals surface area contributed by atoms with Gasteiger partial charge in [-0.3, -0.25) is 4.79 Å². The minimum absolute atomic E-state index is 0.257. The van der Waals surface area contributed by atoms with Gasteiger partial charge in [0.1, 0.15) is 22.3 Å². The van der Waals surface area contributed by atoms with Crippen LogP contribution in [0.25, 0.3) is 21.0 Å². The molecular weight excluding hydrogens is 479 g/mol. The van der Waals surface area contributed by atoms with Crippen LogP contribution >= 0.6 is 11.3 Å². The lowest BCUT2D eigenvalue weighted by Gasteiger charge is -2.25. The van der Waals surface area contributed by atoms with Crippen molar-refractivity contribution in [3.05, 3.63) is 90.4 Å². The second kappa shape index (κ2) is 10.7. The standard InChI is InChI=1S/C28H25FN2O4S/c1-3-17-28(2,27(33)34)35-22-15-9-19(10-16-22)26-31-23(24(36-26)18-7-5-4-6-8-18)25(32)30-21-13-11-20(29)12-14-21/h4-16H,3,17H2,1-2H3,(H,30,32)(H,33,34). The lowest BCUT2D eigenvalue weighted by molar-refractivity contribution is -0.154. The Kier molecular flexibility index (Phi) is 7.45. The molecule has 184 valence electrons. The predicted octanol–water partition coefficient (Wildman–Crippen LogP) is 6.89. The number of carboxylic acid groups (broad SMARTS) is 1. The van der Waals surface area contributed by atoms with Crippen LogP contribution in [0.3, 0.4) is 0 Å². The first-order valence-corrected chi connectivity index (χ1v) is 12.3. The molecule has 0 bridgehead atoms. The molecule has 0 fully saturated rings. The number of carboxylic acids is 1. The number of carbonyl (C=O) groups is 2. The Hall–Kier alpha value is -4.04. The molecule has 1 atom stereocenters. The molecule has 0 saturated carbocycles. The molecule has 3 aromatic carbocycles. The largest absolute Gasteiger partial charge is 0.478 e. The first kappa shape index (κ1) is 25.1. The van der Waals surface area contributed by atoms with Crippen LogP contribution in [0, 0.1) is 5.82 Å². The predicted molar refractivity (Wildman–Crippen MR) is 139 cm³/mol. The number of aliphatic carboxylic acids is 1. The molecule has 0 aliphatic heterocycles. The molecule has 1 heterocycles. The molecule has 0 radical (unpaired) electrons. The average Bonchev–Trinajstić information content (AvgIpc) is 3.32. The number of halogens is 1. The Balaban J connectivity index is 1.64. The van der Waals surface area contributed by atoms with E-state index in [9.17, 15) is 19.1 Å². The van der Waals surface area contributed by atoms with Crippen LogP contribution in [0.15, 0.2) is 78.9 Å². The van der Waals surface area contributed by atoms with Gasteiger partial charge in [0.15, 0.2) is 0 Å². The first-order chi connectivity index (χ1) is 17.3. The van der Waals surface area contributed by atoms with Crippen LogP contribution in [0.4, 0.5) is 10.1 Å². The second-order valence-corrected chi connectivity index (χ2v) is 9.44. The third-order valence-electron chi connectivity index (χ3n) is 5.60. The van der Waals surface area contributed by atoms with Gasteiger partial charge >= 0.3 is 5.97 Å². The quantitative estimate of drug-likeness (QED) is 0.259. The fourth-order valence-corrected chi connectivity index (χ4v) is 4.78. The van der Waals surface area contributed by atoms with E-state index in [1.165, 1.54) is 35.6 Å². The Labute approximate surface area is 212 Å². The van der Waals surface area contributed by atoms with Crippen LogP contribution in [0.5, 0.6) is 5.75 Å². The number of amides is 1. The summed E-state index contributed by atoms with van der Waals surface area (Å²) >= 11 is 1.37. The molecule has 4 rings (SSSR count). The van der Waals surface area contributed by atoms with Crippen LogP contribution < -0.4 is 10.1 Å². The number of anilines is 1. The van der Waals surface area contributed by atoms with Gasteiger partial charge in [-0.05, 0) is 67.4 Å². The number of carbonyl (C=O) groups excluding carboxylic acids is 1. The number of benzene rings is 3. The van der Waals surface area contributed by atoms with Crippen molar-refractivity contribution in [1.29, 1.82) is 0 Å². The molecule has 1 amide bonds. The minimum atomic E-state index is -1.32. The van der Waals surface area contributed by atoms with Crippen molar-refractivity contribution in [2.75, 3.05) is 5.32 Å². The molecule has 1 aromatic heterocycles. The fourth-order valence-electron chi connectivity index (χ4n) is 3.71. The maximum atomic E-state index is 13.3. The Bertz CT molecular complexity index is 1350. The van der Waals surface area contributed by atoms with Gasteiger partial charge in [0, 0.05) is 11.3 Å². The smallest absolute Gasteiger partial charge is 0.347 e. The zero-order chi connectivity index (χ0) is 25.7. The van der Waals surface area contributed by atoms with Crippen molar-refractivity contribution in [3.63, 3.8) is 0 Å². The summed E-state index contributed by atoms with van der Waals surface area (Å²) in [5, 5.41) is 13.0. The molecule has 1 unspecified atom stereocenters. The van der Waals surface area contributed by atoms with E-state index in [4.69, 9.17) is 4.74 Å². The zero-order valence-corrected chi connectivity index (χ0v) is 20.6. The second-order valence-electron chi connectivity index (χ2n) is 8.44. The number of nitrogens with one attached hydrogen (secondary N) is 1. The number of hydrogen-bond acceptors (Lipinski definition) is 5. The average molecular weight is 505 g/mol. The molecule has 4 aromatic rings. The molecule has 8 heteroatoms. The van der Waals surface area contributed by atoms with E-state index in [1.54, 1.807) is 31.2 Å². The SMILES string of the molecule is CCCC(C)(Oc1ccc(-c2nc(C(=O)Nc3ccc(F)cc3)c(-c3ccccc3)s2)cc1)C(=O)O. The van der Waals surface area contributed by atoms with Crippen molar-refractivity contribution < 1.29 is 23.8 Å². The molecule has 0 aliphatic carbocycles. The summed E-state index contributed by atoms with van der Waals surface area (Å²) in [6.07, 6.45) is 1.05. The number of aromatic nitrogens is 1. The zero-order valence-electron chi connectivity index (χ0n) is 19.8. The fraction of sp³-hybridized carbons (Fsp3) is 0.179. The normalized spacial score (nSPS) is 12.5. The number of hydrogen-bond donors (Lipinski definition) is 2. The highest BCUT2D eigenvalue weighted by molar-refractivity contribution is 7.18. The molecular formula is C28H25FN2O4S.